The Balaban J connectivity index is 4.58. The topological polar surface area (TPSA) is 132 Å². The molecule has 0 aromatic rings. The van der Waals surface area contributed by atoms with E-state index >= 15 is 0 Å². The van der Waals surface area contributed by atoms with Gasteiger partial charge in [-0.2, -0.15) is 0 Å². The molecule has 7 heteroatoms. The van der Waals surface area contributed by atoms with Crippen LogP contribution in [0.15, 0.2) is 0 Å². The Kier molecular flexibility index (Phi) is 5.23. The fourth-order valence-corrected chi connectivity index (χ4v) is 0.781. The van der Waals surface area contributed by atoms with E-state index in [4.69, 9.17) is 20.4 Å². The summed E-state index contributed by atoms with van der Waals surface area (Å²) in [5, 5.41) is 35.4. The van der Waals surface area contributed by atoms with Crippen LogP contribution in [0.3, 0.4) is 0 Å². The lowest BCUT2D eigenvalue weighted by molar-refractivity contribution is -0.152. The number of Topliss-reactive ketones (excluding diaryl/α,β-unsaturated/α-hetero) is 3. The highest BCUT2D eigenvalue weighted by molar-refractivity contribution is 6.64. The lowest BCUT2D eigenvalue weighted by Crippen LogP contribution is -2.47. The van der Waals surface area contributed by atoms with Crippen molar-refractivity contribution in [2.75, 3.05) is 6.61 Å². The first-order valence-electron chi connectivity index (χ1n) is 4.07. The van der Waals surface area contributed by atoms with Gasteiger partial charge in [-0.1, -0.05) is 0 Å². The standard InChI is InChI=1S/C8H12O7/c1-3(10)5(12)7(14)8(15)6(13)4(11)2-9/h4,6,8-9,11,13,15H,2H2,1H3/t4-,6-,8+/m1/s1. The highest BCUT2D eigenvalue weighted by Gasteiger charge is 2.34. The van der Waals surface area contributed by atoms with E-state index in [9.17, 15) is 14.4 Å². The van der Waals surface area contributed by atoms with Crippen molar-refractivity contribution in [1.82, 2.24) is 0 Å². The van der Waals surface area contributed by atoms with E-state index < -0.39 is 42.3 Å². The molecule has 3 atom stereocenters. The van der Waals surface area contributed by atoms with Crippen molar-refractivity contribution >= 4 is 17.3 Å². The molecule has 4 N–H and O–H groups in total. The summed E-state index contributed by atoms with van der Waals surface area (Å²) in [7, 11) is 0. The Morgan fingerprint density at radius 2 is 1.60 bits per heavy atom. The van der Waals surface area contributed by atoms with Crippen LogP contribution in [0, 0.1) is 0 Å². The van der Waals surface area contributed by atoms with Gasteiger partial charge in [0.05, 0.1) is 6.61 Å². The minimum atomic E-state index is -2.22. The first-order valence-corrected chi connectivity index (χ1v) is 4.07. The molecule has 0 aliphatic carbocycles. The predicted octanol–water partition coefficient (Wildman–Crippen LogP) is -3.21. The van der Waals surface area contributed by atoms with Gasteiger partial charge in [-0.05, 0) is 0 Å². The minimum Gasteiger partial charge on any atom is -0.394 e. The average molecular weight is 220 g/mol. The molecular formula is C8H12O7. The molecule has 0 radical (unpaired) electrons. The third-order valence-electron chi connectivity index (χ3n) is 1.72. The van der Waals surface area contributed by atoms with Gasteiger partial charge in [-0.3, -0.25) is 14.4 Å². The summed E-state index contributed by atoms with van der Waals surface area (Å²) in [6.45, 7) is -0.0540. The number of rotatable bonds is 6. The van der Waals surface area contributed by atoms with Gasteiger partial charge in [-0.15, -0.1) is 0 Å². The number of carbonyl (C=O) groups is 3. The summed E-state index contributed by atoms with van der Waals surface area (Å²) in [5.74, 6) is -4.06. The molecule has 0 unspecified atom stereocenters. The second-order valence-electron chi connectivity index (χ2n) is 2.93. The van der Waals surface area contributed by atoms with Gasteiger partial charge >= 0.3 is 0 Å². The van der Waals surface area contributed by atoms with E-state index in [0.717, 1.165) is 6.92 Å². The van der Waals surface area contributed by atoms with Gasteiger partial charge in [0.2, 0.25) is 11.6 Å². The number of aliphatic hydroxyl groups excluding tert-OH is 4. The molecule has 0 saturated carbocycles. The number of carbonyl (C=O) groups excluding carboxylic acids is 3. The van der Waals surface area contributed by atoms with Crippen LogP contribution in [-0.4, -0.2) is 62.7 Å². The largest absolute Gasteiger partial charge is 0.394 e. The van der Waals surface area contributed by atoms with Crippen LogP contribution in [0.5, 0.6) is 0 Å². The zero-order valence-corrected chi connectivity index (χ0v) is 7.95. The maximum Gasteiger partial charge on any atom is 0.266 e. The van der Waals surface area contributed by atoms with Crippen molar-refractivity contribution in [1.29, 1.82) is 0 Å². The van der Waals surface area contributed by atoms with Gasteiger partial charge < -0.3 is 20.4 Å². The molecule has 0 aromatic carbocycles. The molecule has 0 saturated heterocycles. The molecule has 0 bridgehead atoms. The van der Waals surface area contributed by atoms with Crippen LogP contribution in [-0.2, 0) is 14.4 Å². The third kappa shape index (κ3) is 3.48. The molecule has 15 heavy (non-hydrogen) atoms. The lowest BCUT2D eigenvalue weighted by Gasteiger charge is -2.19. The number of hydrogen-bond donors (Lipinski definition) is 4. The van der Waals surface area contributed by atoms with E-state index in [1.807, 2.05) is 0 Å². The fourth-order valence-electron chi connectivity index (χ4n) is 0.781. The van der Waals surface area contributed by atoms with Gasteiger partial charge in [0, 0.05) is 6.92 Å². The van der Waals surface area contributed by atoms with Gasteiger partial charge in [0.15, 0.2) is 0 Å². The quantitative estimate of drug-likeness (QED) is 0.273. The highest BCUT2D eigenvalue weighted by Crippen LogP contribution is 2.02. The third-order valence-corrected chi connectivity index (χ3v) is 1.72. The van der Waals surface area contributed by atoms with Gasteiger partial charge in [0.1, 0.15) is 18.3 Å². The smallest absolute Gasteiger partial charge is 0.266 e. The maximum absolute atomic E-state index is 11.0. The van der Waals surface area contributed by atoms with Crippen LogP contribution in [0.2, 0.25) is 0 Å². The summed E-state index contributed by atoms with van der Waals surface area (Å²) in [6.07, 6.45) is -5.99. The minimum absolute atomic E-state index is 0.835. The van der Waals surface area contributed by atoms with Crippen molar-refractivity contribution in [2.45, 2.75) is 25.2 Å². The summed E-state index contributed by atoms with van der Waals surface area (Å²) in [5.41, 5.74) is 0. The van der Waals surface area contributed by atoms with E-state index in [1.165, 1.54) is 0 Å². The molecule has 0 rings (SSSR count). The summed E-state index contributed by atoms with van der Waals surface area (Å²) >= 11 is 0. The van der Waals surface area contributed by atoms with E-state index in [2.05, 4.69) is 0 Å². The average Bonchev–Trinajstić information content (AvgIpc) is 2.23. The molecule has 0 spiro atoms. The van der Waals surface area contributed by atoms with Gasteiger partial charge in [0.25, 0.3) is 5.78 Å². The number of ketones is 3. The van der Waals surface area contributed by atoms with Crippen molar-refractivity contribution in [2.24, 2.45) is 0 Å². The summed E-state index contributed by atoms with van der Waals surface area (Å²) < 4.78 is 0. The maximum atomic E-state index is 11.0. The molecule has 0 aliphatic heterocycles. The normalized spacial score (nSPS) is 16.6. The zero-order valence-electron chi connectivity index (χ0n) is 7.95. The molecule has 0 amide bonds. The Hall–Kier alpha value is -1.15. The monoisotopic (exact) mass is 220 g/mol. The Morgan fingerprint density at radius 3 is 1.93 bits per heavy atom. The van der Waals surface area contributed by atoms with Crippen molar-refractivity contribution in [3.63, 3.8) is 0 Å². The second-order valence-corrected chi connectivity index (χ2v) is 2.93. The SMILES string of the molecule is CC(=O)C(=O)C(=O)[C@@H](O)[C@H](O)[C@H](O)CO. The first kappa shape index (κ1) is 13.8. The molecule has 0 fully saturated rings. The number of hydrogen-bond acceptors (Lipinski definition) is 7. The Labute approximate surface area is 85.0 Å². The van der Waals surface area contributed by atoms with Crippen LogP contribution in [0.25, 0.3) is 0 Å². The second kappa shape index (κ2) is 5.66. The molecule has 7 nitrogen and oxygen atoms in total. The summed E-state index contributed by atoms with van der Waals surface area (Å²) in [6, 6.07) is 0. The van der Waals surface area contributed by atoms with Crippen molar-refractivity contribution in [3.8, 4) is 0 Å². The molecule has 0 aromatic heterocycles. The van der Waals surface area contributed by atoms with Crippen molar-refractivity contribution < 1.29 is 34.8 Å². The van der Waals surface area contributed by atoms with E-state index in [-0.39, 0.29) is 0 Å². The van der Waals surface area contributed by atoms with Crippen LogP contribution >= 0.6 is 0 Å². The van der Waals surface area contributed by atoms with Crippen LogP contribution < -0.4 is 0 Å². The van der Waals surface area contributed by atoms with Gasteiger partial charge in [-0.25, -0.2) is 0 Å². The molecule has 0 aliphatic rings. The lowest BCUT2D eigenvalue weighted by atomic mass is 10.0. The van der Waals surface area contributed by atoms with Crippen LogP contribution in [0.1, 0.15) is 6.92 Å². The van der Waals surface area contributed by atoms with E-state index in [1.54, 1.807) is 0 Å². The molecule has 86 valence electrons. The van der Waals surface area contributed by atoms with Crippen LogP contribution in [0.4, 0.5) is 0 Å². The predicted molar refractivity (Wildman–Crippen MR) is 45.8 cm³/mol. The highest BCUT2D eigenvalue weighted by atomic mass is 16.4. The zero-order chi connectivity index (χ0) is 12.2. The Morgan fingerprint density at radius 1 is 1.13 bits per heavy atom. The summed E-state index contributed by atoms with van der Waals surface area (Å²) in [4.78, 5) is 32.2. The van der Waals surface area contributed by atoms with E-state index in [0.29, 0.717) is 0 Å². The molecule has 0 heterocycles. The molecular weight excluding hydrogens is 208 g/mol. The first-order chi connectivity index (χ1) is 6.82. The van der Waals surface area contributed by atoms with Crippen molar-refractivity contribution in [3.05, 3.63) is 0 Å². The fraction of sp³-hybridized carbons (Fsp3) is 0.625. The Bertz CT molecular complexity index is 272. The number of aliphatic hydroxyl groups is 4.